The number of aliphatic hydroxyl groups is 1. The van der Waals surface area contributed by atoms with Crippen LogP contribution in [0.5, 0.6) is 5.75 Å². The van der Waals surface area contributed by atoms with Gasteiger partial charge in [0.25, 0.3) is 0 Å². The summed E-state index contributed by atoms with van der Waals surface area (Å²) in [5.74, 6) is 1.37. The lowest BCUT2D eigenvalue weighted by atomic mass is 10.0. The van der Waals surface area contributed by atoms with Gasteiger partial charge in [-0.1, -0.05) is 24.3 Å². The molecule has 0 bridgehead atoms. The van der Waals surface area contributed by atoms with Crippen molar-refractivity contribution in [3.8, 4) is 28.1 Å². The number of imidazole rings is 1. The van der Waals surface area contributed by atoms with E-state index in [9.17, 15) is 9.50 Å². The second-order valence-electron chi connectivity index (χ2n) is 6.64. The third-order valence-corrected chi connectivity index (χ3v) is 4.58. The fraction of sp³-hybridized carbons (Fsp3) is 0.182. The van der Waals surface area contributed by atoms with Crippen molar-refractivity contribution in [3.63, 3.8) is 0 Å². The van der Waals surface area contributed by atoms with E-state index in [1.807, 2.05) is 66.3 Å². The molecule has 4 aromatic rings. The Morgan fingerprint density at radius 1 is 1.03 bits per heavy atom. The molecule has 6 nitrogen and oxygen atoms in total. The van der Waals surface area contributed by atoms with E-state index in [2.05, 4.69) is 15.3 Å². The molecule has 0 radical (unpaired) electrons. The molecule has 0 fully saturated rings. The average molecular weight is 392 g/mol. The predicted octanol–water partition coefficient (Wildman–Crippen LogP) is 3.81. The van der Waals surface area contributed by atoms with Crippen LogP contribution in [0.1, 0.15) is 0 Å². The number of nitrogens with zero attached hydrogens (tertiary/aromatic N) is 3. The summed E-state index contributed by atoms with van der Waals surface area (Å²) in [5, 5.41) is 12.3. The smallest absolute Gasteiger partial charge is 0.137 e. The first kappa shape index (κ1) is 18.9. The molecule has 3 aromatic heterocycles. The first-order valence-corrected chi connectivity index (χ1v) is 9.26. The lowest BCUT2D eigenvalue weighted by Gasteiger charge is -2.09. The van der Waals surface area contributed by atoms with Crippen molar-refractivity contribution in [2.45, 2.75) is 6.10 Å². The molecule has 0 aliphatic carbocycles. The predicted molar refractivity (Wildman–Crippen MR) is 111 cm³/mol. The Morgan fingerprint density at radius 2 is 1.79 bits per heavy atom. The normalized spacial score (nSPS) is 12.1. The maximum atomic E-state index is 12.4. The molecule has 2 N–H and O–H groups in total. The van der Waals surface area contributed by atoms with Gasteiger partial charge < -0.3 is 19.6 Å². The van der Waals surface area contributed by atoms with Crippen molar-refractivity contribution < 1.29 is 14.2 Å². The zero-order chi connectivity index (χ0) is 20.2. The van der Waals surface area contributed by atoms with E-state index in [1.165, 1.54) is 0 Å². The Labute approximate surface area is 167 Å². The molecule has 0 amide bonds. The van der Waals surface area contributed by atoms with E-state index in [0.29, 0.717) is 5.75 Å². The summed E-state index contributed by atoms with van der Waals surface area (Å²) in [7, 11) is 1.84. The van der Waals surface area contributed by atoms with Crippen molar-refractivity contribution in [1.29, 1.82) is 0 Å². The number of rotatable bonds is 7. The summed E-state index contributed by atoms with van der Waals surface area (Å²) in [6.45, 7) is -0.918. The maximum absolute atomic E-state index is 12.4. The Balaban J connectivity index is 1.54. The van der Waals surface area contributed by atoms with E-state index in [0.717, 1.165) is 33.8 Å². The first-order valence-electron chi connectivity index (χ1n) is 9.26. The van der Waals surface area contributed by atoms with Gasteiger partial charge in [-0.05, 0) is 29.8 Å². The molecule has 0 aliphatic rings. The summed E-state index contributed by atoms with van der Waals surface area (Å²) < 4.78 is 19.6. The third-order valence-electron chi connectivity index (χ3n) is 4.58. The number of ether oxygens (including phenoxy) is 1. The highest BCUT2D eigenvalue weighted by atomic mass is 19.1. The molecule has 148 valence electrons. The zero-order valence-electron chi connectivity index (χ0n) is 15.9. The van der Waals surface area contributed by atoms with Crippen LogP contribution in [0, 0.1) is 0 Å². The molecular formula is C22H21FN4O2. The molecule has 1 aromatic carbocycles. The molecular weight excluding hydrogens is 371 g/mol. The van der Waals surface area contributed by atoms with Gasteiger partial charge in [0.05, 0.1) is 11.9 Å². The number of halogens is 1. The van der Waals surface area contributed by atoms with Crippen LogP contribution in [0.3, 0.4) is 0 Å². The van der Waals surface area contributed by atoms with Gasteiger partial charge in [0.2, 0.25) is 0 Å². The van der Waals surface area contributed by atoms with Crippen LogP contribution in [0.25, 0.3) is 28.0 Å². The molecule has 0 aliphatic heterocycles. The topological polar surface area (TPSA) is 71.7 Å². The highest BCUT2D eigenvalue weighted by Crippen LogP contribution is 2.25. The van der Waals surface area contributed by atoms with Crippen LogP contribution < -0.4 is 10.1 Å². The van der Waals surface area contributed by atoms with E-state index in [-0.39, 0.29) is 6.61 Å². The molecule has 7 heteroatoms. The highest BCUT2D eigenvalue weighted by Gasteiger charge is 2.08. The number of fused-ring (bicyclic) bond motifs is 1. The summed E-state index contributed by atoms with van der Waals surface area (Å²) in [5.41, 5.74) is 4.72. The Bertz CT molecular complexity index is 1090. The summed E-state index contributed by atoms with van der Waals surface area (Å²) in [6, 6.07) is 15.7. The number of aromatic nitrogens is 3. The summed E-state index contributed by atoms with van der Waals surface area (Å²) >= 11 is 0. The highest BCUT2D eigenvalue weighted by molar-refractivity contribution is 5.70. The van der Waals surface area contributed by atoms with Crippen molar-refractivity contribution in [1.82, 2.24) is 14.4 Å². The molecule has 0 saturated carbocycles. The minimum atomic E-state index is -1.12. The molecule has 29 heavy (non-hydrogen) atoms. The molecule has 0 unspecified atom stereocenters. The van der Waals surface area contributed by atoms with Crippen LogP contribution in [0.15, 0.2) is 67.1 Å². The van der Waals surface area contributed by atoms with E-state index >= 15 is 0 Å². The van der Waals surface area contributed by atoms with Crippen molar-refractivity contribution in [2.75, 3.05) is 25.6 Å². The summed E-state index contributed by atoms with van der Waals surface area (Å²) in [6.07, 6.45) is 4.39. The number of benzene rings is 1. The second-order valence-corrected chi connectivity index (χ2v) is 6.64. The van der Waals surface area contributed by atoms with Crippen molar-refractivity contribution in [2.24, 2.45) is 0 Å². The lowest BCUT2D eigenvalue weighted by Crippen LogP contribution is -2.19. The van der Waals surface area contributed by atoms with E-state index in [4.69, 9.17) is 4.74 Å². The van der Waals surface area contributed by atoms with E-state index in [1.54, 1.807) is 12.3 Å². The number of hydrogen-bond acceptors (Lipinski definition) is 5. The lowest BCUT2D eigenvalue weighted by molar-refractivity contribution is 0.0840. The molecule has 0 spiro atoms. The Hall–Kier alpha value is -3.45. The monoisotopic (exact) mass is 392 g/mol. The fourth-order valence-electron chi connectivity index (χ4n) is 2.98. The first-order chi connectivity index (χ1) is 14.2. The fourth-order valence-corrected chi connectivity index (χ4v) is 2.98. The van der Waals surface area contributed by atoms with Crippen LogP contribution >= 0.6 is 0 Å². The molecule has 1 atom stereocenters. The minimum absolute atomic E-state index is 0.0881. The maximum Gasteiger partial charge on any atom is 0.137 e. The van der Waals surface area contributed by atoms with Crippen molar-refractivity contribution >= 4 is 11.5 Å². The van der Waals surface area contributed by atoms with Crippen LogP contribution in [-0.2, 0) is 0 Å². The SMILES string of the molecule is CNc1ccc(-c2ccc(-c3cn4cc(OC[C@@H](O)CF)ccc4n3)cc2)cn1. The minimum Gasteiger partial charge on any atom is -0.489 e. The Morgan fingerprint density at radius 3 is 2.48 bits per heavy atom. The number of alkyl halides is 1. The van der Waals surface area contributed by atoms with Crippen LogP contribution in [0.4, 0.5) is 10.2 Å². The van der Waals surface area contributed by atoms with Gasteiger partial charge in [-0.25, -0.2) is 14.4 Å². The number of hydrogen-bond donors (Lipinski definition) is 2. The number of anilines is 1. The molecule has 0 saturated heterocycles. The number of aliphatic hydroxyl groups excluding tert-OH is 1. The summed E-state index contributed by atoms with van der Waals surface area (Å²) in [4.78, 5) is 8.99. The van der Waals surface area contributed by atoms with Gasteiger partial charge in [-0.2, -0.15) is 0 Å². The van der Waals surface area contributed by atoms with Gasteiger partial charge in [0.15, 0.2) is 0 Å². The van der Waals surface area contributed by atoms with E-state index < -0.39 is 12.8 Å². The van der Waals surface area contributed by atoms with Crippen molar-refractivity contribution in [3.05, 3.63) is 67.1 Å². The van der Waals surface area contributed by atoms with Crippen LogP contribution in [-0.4, -0.2) is 45.9 Å². The zero-order valence-corrected chi connectivity index (χ0v) is 15.9. The van der Waals surface area contributed by atoms with Gasteiger partial charge in [0.1, 0.15) is 36.6 Å². The largest absolute Gasteiger partial charge is 0.489 e. The number of nitrogens with one attached hydrogen (secondary N) is 1. The standard InChI is InChI=1S/C22H21FN4O2/c1-24-21-8-6-17(11-25-21)15-2-4-16(5-3-15)20-13-27-12-19(7-9-22(27)26-20)29-14-18(28)10-23/h2-9,11-13,18,28H,10,14H2,1H3,(H,24,25)/t18-/m0/s1. The van der Waals surface area contributed by atoms with Gasteiger partial charge in [-0.15, -0.1) is 0 Å². The quantitative estimate of drug-likeness (QED) is 0.500. The average Bonchev–Trinajstić information content (AvgIpc) is 3.21. The van der Waals surface area contributed by atoms with Crippen LogP contribution in [0.2, 0.25) is 0 Å². The molecule has 4 rings (SSSR count). The van der Waals surface area contributed by atoms with Gasteiger partial charge in [0, 0.05) is 30.6 Å². The number of pyridine rings is 2. The third kappa shape index (κ3) is 4.20. The van der Waals surface area contributed by atoms with Gasteiger partial charge in [-0.3, -0.25) is 0 Å². The molecule has 3 heterocycles. The Kier molecular flexibility index (Phi) is 5.39. The van der Waals surface area contributed by atoms with Gasteiger partial charge >= 0.3 is 0 Å². The second kappa shape index (κ2) is 8.28.